The molecule has 1 saturated heterocycles. The Kier molecular flexibility index (Phi) is 3.40. The lowest BCUT2D eigenvalue weighted by molar-refractivity contribution is 0.588. The highest BCUT2D eigenvalue weighted by molar-refractivity contribution is 7.90. The van der Waals surface area contributed by atoms with Crippen LogP contribution in [0, 0.1) is 6.92 Å². The van der Waals surface area contributed by atoms with Gasteiger partial charge in [-0.1, -0.05) is 6.07 Å². The van der Waals surface area contributed by atoms with Gasteiger partial charge in [0, 0.05) is 38.1 Å². The van der Waals surface area contributed by atoms with E-state index in [1.807, 2.05) is 19.1 Å². The van der Waals surface area contributed by atoms with Gasteiger partial charge in [0.15, 0.2) is 9.84 Å². The topological polar surface area (TPSA) is 49.4 Å². The highest BCUT2D eigenvalue weighted by Gasteiger charge is 2.15. The molecule has 0 atom stereocenters. The number of sulfone groups is 1. The van der Waals surface area contributed by atoms with Crippen LogP contribution in [-0.2, 0) is 9.84 Å². The molecule has 1 aliphatic rings. The Morgan fingerprint density at radius 1 is 1.24 bits per heavy atom. The van der Waals surface area contributed by atoms with Crippen molar-refractivity contribution in [3.05, 3.63) is 23.8 Å². The predicted molar refractivity (Wildman–Crippen MR) is 69.4 cm³/mol. The van der Waals surface area contributed by atoms with Crippen LogP contribution in [0.5, 0.6) is 0 Å². The molecule has 0 radical (unpaired) electrons. The highest BCUT2D eigenvalue weighted by Crippen LogP contribution is 2.23. The molecule has 4 nitrogen and oxygen atoms in total. The van der Waals surface area contributed by atoms with Crippen molar-refractivity contribution in [2.75, 3.05) is 37.3 Å². The Balaban J connectivity index is 2.37. The summed E-state index contributed by atoms with van der Waals surface area (Å²) in [5.74, 6) is 0. The summed E-state index contributed by atoms with van der Waals surface area (Å²) >= 11 is 0. The lowest BCUT2D eigenvalue weighted by atomic mass is 10.2. The third-order valence-corrected chi connectivity index (χ3v) is 4.29. The monoisotopic (exact) mass is 254 g/mol. The van der Waals surface area contributed by atoms with Gasteiger partial charge in [-0.3, -0.25) is 0 Å². The van der Waals surface area contributed by atoms with E-state index < -0.39 is 9.84 Å². The minimum atomic E-state index is -3.14. The Hall–Kier alpha value is -1.07. The summed E-state index contributed by atoms with van der Waals surface area (Å²) < 4.78 is 23.3. The van der Waals surface area contributed by atoms with E-state index in [1.54, 1.807) is 6.07 Å². The molecule has 1 aromatic rings. The van der Waals surface area contributed by atoms with Gasteiger partial charge in [0.05, 0.1) is 4.90 Å². The number of nitrogens with one attached hydrogen (secondary N) is 1. The molecule has 0 bridgehead atoms. The van der Waals surface area contributed by atoms with E-state index in [1.165, 1.54) is 6.26 Å². The van der Waals surface area contributed by atoms with Crippen LogP contribution in [0.15, 0.2) is 23.1 Å². The zero-order valence-corrected chi connectivity index (χ0v) is 11.0. The molecule has 5 heteroatoms. The molecular formula is C12H18N2O2S. The molecule has 0 unspecified atom stereocenters. The molecule has 94 valence electrons. The van der Waals surface area contributed by atoms with Crippen molar-refractivity contribution >= 4 is 15.5 Å². The summed E-state index contributed by atoms with van der Waals surface area (Å²) in [7, 11) is -3.14. The van der Waals surface area contributed by atoms with E-state index in [0.717, 1.165) is 37.4 Å². The first-order valence-corrected chi connectivity index (χ1v) is 7.64. The number of piperazine rings is 1. The maximum Gasteiger partial charge on any atom is 0.175 e. The van der Waals surface area contributed by atoms with Crippen LogP contribution >= 0.6 is 0 Å². The van der Waals surface area contributed by atoms with Crippen molar-refractivity contribution < 1.29 is 8.42 Å². The van der Waals surface area contributed by atoms with Crippen molar-refractivity contribution in [2.24, 2.45) is 0 Å². The van der Waals surface area contributed by atoms with Crippen molar-refractivity contribution in [3.63, 3.8) is 0 Å². The molecular weight excluding hydrogens is 236 g/mol. The standard InChI is InChI=1S/C12H18N2O2S/c1-10-3-4-11(9-12(10)17(2,15)16)14-7-5-13-6-8-14/h3-4,9,13H,5-8H2,1-2H3. The van der Waals surface area contributed by atoms with Gasteiger partial charge in [0.25, 0.3) is 0 Å². The van der Waals surface area contributed by atoms with Crippen LogP contribution in [0.1, 0.15) is 5.56 Å². The molecule has 17 heavy (non-hydrogen) atoms. The largest absolute Gasteiger partial charge is 0.369 e. The maximum absolute atomic E-state index is 11.7. The first-order valence-electron chi connectivity index (χ1n) is 5.75. The minimum absolute atomic E-state index is 0.438. The maximum atomic E-state index is 11.7. The second-order valence-electron chi connectivity index (χ2n) is 4.46. The average molecular weight is 254 g/mol. The molecule has 1 aromatic carbocycles. The molecule has 1 heterocycles. The molecule has 0 saturated carbocycles. The van der Waals surface area contributed by atoms with Gasteiger partial charge in [-0.05, 0) is 24.6 Å². The SMILES string of the molecule is Cc1ccc(N2CCNCC2)cc1S(C)(=O)=O. The van der Waals surface area contributed by atoms with Gasteiger partial charge in [0.2, 0.25) is 0 Å². The van der Waals surface area contributed by atoms with E-state index in [2.05, 4.69) is 10.2 Å². The van der Waals surface area contributed by atoms with E-state index in [-0.39, 0.29) is 0 Å². The Morgan fingerprint density at radius 3 is 2.47 bits per heavy atom. The smallest absolute Gasteiger partial charge is 0.175 e. The molecule has 0 amide bonds. The van der Waals surface area contributed by atoms with Crippen molar-refractivity contribution in [2.45, 2.75) is 11.8 Å². The lowest BCUT2D eigenvalue weighted by Crippen LogP contribution is -2.43. The van der Waals surface area contributed by atoms with Gasteiger partial charge in [-0.15, -0.1) is 0 Å². The third-order valence-electron chi connectivity index (χ3n) is 3.05. The third kappa shape index (κ3) is 2.79. The number of nitrogens with zero attached hydrogens (tertiary/aromatic N) is 1. The predicted octanol–water partition coefficient (Wildman–Crippen LogP) is 0.808. The number of benzene rings is 1. The van der Waals surface area contributed by atoms with Crippen LogP contribution in [0.2, 0.25) is 0 Å². The number of rotatable bonds is 2. The van der Waals surface area contributed by atoms with Gasteiger partial charge >= 0.3 is 0 Å². The van der Waals surface area contributed by atoms with Crippen LogP contribution in [0.3, 0.4) is 0 Å². The van der Waals surface area contributed by atoms with Gasteiger partial charge in [-0.25, -0.2) is 8.42 Å². The molecule has 0 spiro atoms. The number of hydrogen-bond donors (Lipinski definition) is 1. The summed E-state index contributed by atoms with van der Waals surface area (Å²) in [6.07, 6.45) is 1.26. The van der Waals surface area contributed by atoms with E-state index >= 15 is 0 Å². The highest BCUT2D eigenvalue weighted by atomic mass is 32.2. The van der Waals surface area contributed by atoms with Crippen molar-refractivity contribution in [1.29, 1.82) is 0 Å². The number of hydrogen-bond acceptors (Lipinski definition) is 4. The van der Waals surface area contributed by atoms with Gasteiger partial charge in [0.1, 0.15) is 0 Å². The van der Waals surface area contributed by atoms with E-state index in [4.69, 9.17) is 0 Å². The Morgan fingerprint density at radius 2 is 1.88 bits per heavy atom. The quantitative estimate of drug-likeness (QED) is 0.848. The Bertz CT molecular complexity index is 505. The fourth-order valence-corrected chi connectivity index (χ4v) is 3.10. The molecule has 0 aromatic heterocycles. The summed E-state index contributed by atoms with van der Waals surface area (Å²) in [5.41, 5.74) is 1.81. The fourth-order valence-electron chi connectivity index (χ4n) is 2.11. The van der Waals surface area contributed by atoms with E-state index in [9.17, 15) is 8.42 Å². The zero-order valence-electron chi connectivity index (χ0n) is 10.2. The second-order valence-corrected chi connectivity index (χ2v) is 6.44. The number of anilines is 1. The van der Waals surface area contributed by atoms with Crippen LogP contribution < -0.4 is 10.2 Å². The number of aryl methyl sites for hydroxylation is 1. The second kappa shape index (κ2) is 4.66. The molecule has 1 N–H and O–H groups in total. The summed E-state index contributed by atoms with van der Waals surface area (Å²) in [6.45, 7) is 5.57. The van der Waals surface area contributed by atoms with Crippen LogP contribution in [-0.4, -0.2) is 40.9 Å². The molecule has 0 aliphatic carbocycles. The average Bonchev–Trinajstić information content (AvgIpc) is 2.29. The van der Waals surface area contributed by atoms with Crippen LogP contribution in [0.4, 0.5) is 5.69 Å². The van der Waals surface area contributed by atoms with Gasteiger partial charge in [-0.2, -0.15) is 0 Å². The zero-order chi connectivity index (χ0) is 12.5. The minimum Gasteiger partial charge on any atom is -0.369 e. The van der Waals surface area contributed by atoms with Gasteiger partial charge < -0.3 is 10.2 Å². The first-order chi connectivity index (χ1) is 7.98. The molecule has 1 aliphatic heterocycles. The summed E-state index contributed by atoms with van der Waals surface area (Å²) in [4.78, 5) is 2.65. The normalized spacial score (nSPS) is 17.2. The molecule has 1 fully saturated rings. The van der Waals surface area contributed by atoms with Crippen molar-refractivity contribution in [1.82, 2.24) is 5.32 Å². The van der Waals surface area contributed by atoms with Crippen molar-refractivity contribution in [3.8, 4) is 0 Å². The molecule has 2 rings (SSSR count). The summed E-state index contributed by atoms with van der Waals surface area (Å²) in [6, 6.07) is 5.67. The fraction of sp³-hybridized carbons (Fsp3) is 0.500. The Labute approximate surface area is 103 Å². The van der Waals surface area contributed by atoms with Crippen LogP contribution in [0.25, 0.3) is 0 Å². The summed E-state index contributed by atoms with van der Waals surface area (Å²) in [5, 5.41) is 3.28. The lowest BCUT2D eigenvalue weighted by Gasteiger charge is -2.29. The van der Waals surface area contributed by atoms with E-state index in [0.29, 0.717) is 4.90 Å². The first kappa shape index (κ1) is 12.4.